The molecule has 15 heavy (non-hydrogen) atoms. The third-order valence-corrected chi connectivity index (χ3v) is 2.43. The van der Waals surface area contributed by atoms with Crippen LogP contribution < -0.4 is 0 Å². The minimum absolute atomic E-state index is 1.04. The third-order valence-electron chi connectivity index (χ3n) is 2.43. The summed E-state index contributed by atoms with van der Waals surface area (Å²) in [6.45, 7) is 16.0. The van der Waals surface area contributed by atoms with Crippen LogP contribution in [0.1, 0.15) is 34.1 Å². The lowest BCUT2D eigenvalue weighted by Gasteiger charge is -2.06. The molecule has 0 aliphatic heterocycles. The molecule has 0 fully saturated rings. The zero-order valence-electron chi connectivity index (χ0n) is 10.4. The second-order valence-electron chi connectivity index (χ2n) is 3.67. The first-order chi connectivity index (χ1) is 7.06. The molecule has 0 N–H and O–H groups in total. The Balaban J connectivity index is 5.16. The number of allylic oxidation sites excluding steroid dienone is 8. The van der Waals surface area contributed by atoms with Crippen LogP contribution in [0.3, 0.4) is 0 Å². The van der Waals surface area contributed by atoms with Gasteiger partial charge in [0.25, 0.3) is 0 Å². The predicted molar refractivity (Wildman–Crippen MR) is 70.9 cm³/mol. The average molecular weight is 202 g/mol. The molecule has 0 aromatic heterocycles. The van der Waals surface area contributed by atoms with Gasteiger partial charge in [-0.3, -0.25) is 0 Å². The van der Waals surface area contributed by atoms with E-state index in [9.17, 15) is 0 Å². The van der Waals surface area contributed by atoms with Gasteiger partial charge in [-0.1, -0.05) is 50.0 Å². The summed E-state index contributed by atoms with van der Waals surface area (Å²) in [6.07, 6.45) is 9.17. The van der Waals surface area contributed by atoms with E-state index in [4.69, 9.17) is 0 Å². The topological polar surface area (TPSA) is 0 Å². The molecule has 0 aliphatic rings. The van der Waals surface area contributed by atoms with Gasteiger partial charge in [0, 0.05) is 0 Å². The molecular weight excluding hydrogens is 180 g/mol. The Bertz CT molecular complexity index is 322. The third kappa shape index (κ3) is 4.64. The van der Waals surface area contributed by atoms with Crippen LogP contribution in [-0.4, -0.2) is 0 Å². The maximum Gasteiger partial charge on any atom is -0.0271 e. The number of hydrogen-bond donors (Lipinski definition) is 0. The van der Waals surface area contributed by atoms with Crippen molar-refractivity contribution in [3.8, 4) is 0 Å². The van der Waals surface area contributed by atoms with Crippen molar-refractivity contribution in [2.24, 2.45) is 0 Å². The minimum Gasteiger partial charge on any atom is -0.0988 e. The SMILES string of the molecule is C=C\C(C)=C/C(C)=C(C)/C(C=C)=C/CC. The summed E-state index contributed by atoms with van der Waals surface area (Å²) in [5.41, 5.74) is 4.97. The van der Waals surface area contributed by atoms with Gasteiger partial charge >= 0.3 is 0 Å². The Morgan fingerprint density at radius 1 is 1.07 bits per heavy atom. The summed E-state index contributed by atoms with van der Waals surface area (Å²) in [5.74, 6) is 0. The first kappa shape index (κ1) is 13.7. The summed E-state index contributed by atoms with van der Waals surface area (Å²) in [4.78, 5) is 0. The molecule has 0 spiro atoms. The lowest BCUT2D eigenvalue weighted by Crippen LogP contribution is -1.86. The van der Waals surface area contributed by atoms with E-state index in [1.165, 1.54) is 22.3 Å². The summed E-state index contributed by atoms with van der Waals surface area (Å²) < 4.78 is 0. The molecule has 0 amide bonds. The molecule has 0 saturated carbocycles. The van der Waals surface area contributed by atoms with Crippen LogP contribution in [-0.2, 0) is 0 Å². The molecule has 0 atom stereocenters. The van der Waals surface area contributed by atoms with Crippen LogP contribution in [0.25, 0.3) is 0 Å². The van der Waals surface area contributed by atoms with Crippen LogP contribution in [0.15, 0.2) is 59.8 Å². The monoisotopic (exact) mass is 202 g/mol. The molecule has 0 aromatic carbocycles. The molecular formula is C15H22. The molecule has 0 radical (unpaired) electrons. The molecule has 0 nitrogen and oxygen atoms in total. The van der Waals surface area contributed by atoms with Crippen molar-refractivity contribution >= 4 is 0 Å². The van der Waals surface area contributed by atoms with Gasteiger partial charge in [0.1, 0.15) is 0 Å². The molecule has 0 heteroatoms. The quantitative estimate of drug-likeness (QED) is 0.552. The fraction of sp³-hybridized carbons (Fsp3) is 0.333. The van der Waals surface area contributed by atoms with Crippen molar-refractivity contribution in [2.45, 2.75) is 34.1 Å². The largest absolute Gasteiger partial charge is 0.0988 e. The molecule has 0 rings (SSSR count). The van der Waals surface area contributed by atoms with E-state index < -0.39 is 0 Å². The highest BCUT2D eigenvalue weighted by Gasteiger charge is 1.98. The van der Waals surface area contributed by atoms with Crippen LogP contribution in [0.4, 0.5) is 0 Å². The Hall–Kier alpha value is -1.30. The highest BCUT2D eigenvalue weighted by Crippen LogP contribution is 2.18. The first-order valence-electron chi connectivity index (χ1n) is 5.38. The van der Waals surface area contributed by atoms with E-state index in [1.807, 2.05) is 12.2 Å². The highest BCUT2D eigenvalue weighted by molar-refractivity contribution is 5.44. The van der Waals surface area contributed by atoms with E-state index in [0.717, 1.165) is 6.42 Å². The zero-order valence-corrected chi connectivity index (χ0v) is 10.4. The summed E-state index contributed by atoms with van der Waals surface area (Å²) in [5, 5.41) is 0. The lowest BCUT2D eigenvalue weighted by molar-refractivity contribution is 1.19. The minimum atomic E-state index is 1.04. The van der Waals surface area contributed by atoms with Gasteiger partial charge in [-0.15, -0.1) is 0 Å². The Labute approximate surface area is 94.4 Å². The van der Waals surface area contributed by atoms with Crippen LogP contribution >= 0.6 is 0 Å². The molecule has 0 aliphatic carbocycles. The van der Waals surface area contributed by atoms with Gasteiger partial charge in [-0.2, -0.15) is 0 Å². The summed E-state index contributed by atoms with van der Waals surface area (Å²) in [6, 6.07) is 0. The van der Waals surface area contributed by atoms with E-state index in [1.54, 1.807) is 0 Å². The van der Waals surface area contributed by atoms with Crippen molar-refractivity contribution < 1.29 is 0 Å². The van der Waals surface area contributed by atoms with Gasteiger partial charge in [-0.05, 0) is 43.9 Å². The van der Waals surface area contributed by atoms with Gasteiger partial charge < -0.3 is 0 Å². The Kier molecular flexibility index (Phi) is 6.44. The molecule has 0 bridgehead atoms. The maximum absolute atomic E-state index is 3.84. The molecule has 82 valence electrons. The van der Waals surface area contributed by atoms with Crippen molar-refractivity contribution in [3.63, 3.8) is 0 Å². The Morgan fingerprint density at radius 3 is 2.07 bits per heavy atom. The van der Waals surface area contributed by atoms with E-state index >= 15 is 0 Å². The summed E-state index contributed by atoms with van der Waals surface area (Å²) >= 11 is 0. The van der Waals surface area contributed by atoms with Crippen LogP contribution in [0.5, 0.6) is 0 Å². The first-order valence-corrected chi connectivity index (χ1v) is 5.38. The molecule has 0 saturated heterocycles. The Morgan fingerprint density at radius 2 is 1.67 bits per heavy atom. The zero-order chi connectivity index (χ0) is 11.8. The van der Waals surface area contributed by atoms with Crippen molar-refractivity contribution in [1.82, 2.24) is 0 Å². The second kappa shape index (κ2) is 7.05. The highest BCUT2D eigenvalue weighted by atomic mass is 14.0. The number of hydrogen-bond acceptors (Lipinski definition) is 0. The molecule has 0 unspecified atom stereocenters. The normalized spacial score (nSPS) is 14.7. The van der Waals surface area contributed by atoms with Crippen molar-refractivity contribution in [3.05, 3.63) is 59.8 Å². The van der Waals surface area contributed by atoms with Crippen molar-refractivity contribution in [1.29, 1.82) is 0 Å². The number of rotatable bonds is 5. The standard InChI is InChI=1S/C15H22/c1-7-10-15(9-3)14(6)13(5)11-12(4)8-2/h8-11H,2-3,7H2,1,4-6H3/b12-11-,14-13+,15-10+. The predicted octanol–water partition coefficient (Wildman–Crippen LogP) is 4.98. The van der Waals surface area contributed by atoms with E-state index in [2.05, 4.69) is 53.0 Å². The van der Waals surface area contributed by atoms with Gasteiger partial charge in [0.2, 0.25) is 0 Å². The van der Waals surface area contributed by atoms with Gasteiger partial charge in [-0.25, -0.2) is 0 Å². The second-order valence-corrected chi connectivity index (χ2v) is 3.67. The van der Waals surface area contributed by atoms with Crippen LogP contribution in [0.2, 0.25) is 0 Å². The molecule has 0 heterocycles. The molecule has 0 aromatic rings. The lowest BCUT2D eigenvalue weighted by atomic mass is 10.00. The van der Waals surface area contributed by atoms with E-state index in [0.29, 0.717) is 0 Å². The fourth-order valence-corrected chi connectivity index (χ4v) is 1.35. The summed E-state index contributed by atoms with van der Waals surface area (Å²) in [7, 11) is 0. The van der Waals surface area contributed by atoms with Crippen LogP contribution in [0, 0.1) is 0 Å². The average Bonchev–Trinajstić information content (AvgIpc) is 2.24. The van der Waals surface area contributed by atoms with Crippen molar-refractivity contribution in [2.75, 3.05) is 0 Å². The maximum atomic E-state index is 3.84. The smallest absolute Gasteiger partial charge is 0.0271 e. The van der Waals surface area contributed by atoms with Gasteiger partial charge in [0.15, 0.2) is 0 Å². The van der Waals surface area contributed by atoms with Gasteiger partial charge in [0.05, 0.1) is 0 Å². The van der Waals surface area contributed by atoms with E-state index in [-0.39, 0.29) is 0 Å². The fourth-order valence-electron chi connectivity index (χ4n) is 1.35.